The molecule has 0 spiro atoms. The maximum atomic E-state index is 9.82. The Kier molecular flexibility index (Phi) is 4.91. The average molecular weight is 132 g/mol. The van der Waals surface area contributed by atoms with Crippen molar-refractivity contribution < 1.29 is 9.90 Å². The summed E-state index contributed by atoms with van der Waals surface area (Å²) in [4.78, 5) is 9.82. The topological polar surface area (TPSA) is 61.4 Å². The fourth-order valence-electron chi connectivity index (χ4n) is 0.435. The van der Waals surface area contributed by atoms with Crippen molar-refractivity contribution in [3.63, 3.8) is 0 Å². The molecule has 0 fully saturated rings. The minimum atomic E-state index is -0.965. The Morgan fingerprint density at radius 3 is 2.67 bits per heavy atom. The summed E-state index contributed by atoms with van der Waals surface area (Å²) in [6.45, 7) is 4.02. The van der Waals surface area contributed by atoms with Gasteiger partial charge in [-0.3, -0.25) is 0 Å². The Hall–Kier alpha value is -0.770. The van der Waals surface area contributed by atoms with Crippen molar-refractivity contribution in [2.24, 2.45) is 0 Å². The summed E-state index contributed by atoms with van der Waals surface area (Å²) < 4.78 is 0. The fraction of sp³-hybridized carbons (Fsp3) is 0.800. The summed E-state index contributed by atoms with van der Waals surface area (Å²) in [5.74, 6) is 0. The molecule has 0 saturated heterocycles. The highest BCUT2D eigenvalue weighted by molar-refractivity contribution is 5.64. The molecule has 0 rings (SSSR count). The molecule has 0 radical (unpaired) electrons. The van der Waals surface area contributed by atoms with Crippen LogP contribution in [0.3, 0.4) is 0 Å². The van der Waals surface area contributed by atoms with Gasteiger partial charge in [-0.05, 0) is 6.54 Å². The Morgan fingerprint density at radius 2 is 2.22 bits per heavy atom. The summed E-state index contributed by atoms with van der Waals surface area (Å²) in [6.07, 6.45) is -0.965. The molecule has 54 valence electrons. The molecule has 1 amide bonds. The predicted molar refractivity (Wildman–Crippen MR) is 34.6 cm³/mol. The van der Waals surface area contributed by atoms with E-state index in [9.17, 15) is 4.79 Å². The van der Waals surface area contributed by atoms with Crippen molar-refractivity contribution in [2.45, 2.75) is 6.92 Å². The maximum Gasteiger partial charge on any atom is 0.404 e. The number of carbonyl (C=O) groups is 1. The fourth-order valence-corrected chi connectivity index (χ4v) is 0.435. The van der Waals surface area contributed by atoms with Gasteiger partial charge in [0.25, 0.3) is 0 Å². The second kappa shape index (κ2) is 5.37. The van der Waals surface area contributed by atoms with Crippen molar-refractivity contribution in [3.05, 3.63) is 0 Å². The van der Waals surface area contributed by atoms with E-state index in [1.54, 1.807) is 0 Å². The van der Waals surface area contributed by atoms with Gasteiger partial charge in [-0.15, -0.1) is 0 Å². The molecule has 0 saturated carbocycles. The SMILES string of the molecule is CCNCCNC(=O)O. The Morgan fingerprint density at radius 1 is 1.56 bits per heavy atom. The van der Waals surface area contributed by atoms with Gasteiger partial charge in [0.15, 0.2) is 0 Å². The van der Waals surface area contributed by atoms with Gasteiger partial charge < -0.3 is 15.7 Å². The van der Waals surface area contributed by atoms with Gasteiger partial charge in [-0.25, -0.2) is 4.79 Å². The number of rotatable bonds is 4. The van der Waals surface area contributed by atoms with E-state index in [2.05, 4.69) is 10.6 Å². The van der Waals surface area contributed by atoms with Crippen molar-refractivity contribution in [2.75, 3.05) is 19.6 Å². The summed E-state index contributed by atoms with van der Waals surface area (Å²) in [6, 6.07) is 0. The highest BCUT2D eigenvalue weighted by Crippen LogP contribution is 1.59. The lowest BCUT2D eigenvalue weighted by Gasteiger charge is -1.99. The van der Waals surface area contributed by atoms with Crippen molar-refractivity contribution in [1.82, 2.24) is 10.6 Å². The van der Waals surface area contributed by atoms with Gasteiger partial charge >= 0.3 is 6.09 Å². The standard InChI is InChI=1S/C5H12N2O2/c1-2-6-3-4-7-5(8)9/h6-7H,2-4H2,1H3,(H,8,9). The van der Waals surface area contributed by atoms with Crippen LogP contribution in [0.4, 0.5) is 4.79 Å². The van der Waals surface area contributed by atoms with E-state index in [4.69, 9.17) is 5.11 Å². The van der Waals surface area contributed by atoms with Gasteiger partial charge in [-0.1, -0.05) is 6.92 Å². The number of hydrogen-bond acceptors (Lipinski definition) is 2. The lowest BCUT2D eigenvalue weighted by atomic mass is 10.6. The molecule has 0 aromatic rings. The van der Waals surface area contributed by atoms with Gasteiger partial charge in [0.2, 0.25) is 0 Å². The zero-order chi connectivity index (χ0) is 7.11. The smallest absolute Gasteiger partial charge is 0.404 e. The quantitative estimate of drug-likeness (QED) is 0.467. The van der Waals surface area contributed by atoms with E-state index in [0.29, 0.717) is 13.1 Å². The predicted octanol–water partition coefficient (Wildman–Crippen LogP) is -0.137. The van der Waals surface area contributed by atoms with Crippen LogP contribution in [0.2, 0.25) is 0 Å². The van der Waals surface area contributed by atoms with Gasteiger partial charge in [0, 0.05) is 13.1 Å². The highest BCUT2D eigenvalue weighted by Gasteiger charge is 1.89. The largest absolute Gasteiger partial charge is 0.465 e. The molecule has 0 aromatic carbocycles. The molecule has 4 nitrogen and oxygen atoms in total. The number of carboxylic acid groups (broad SMARTS) is 1. The average Bonchev–Trinajstić information content (AvgIpc) is 1.80. The Balaban J connectivity index is 2.83. The zero-order valence-electron chi connectivity index (χ0n) is 5.48. The molecule has 4 heteroatoms. The van der Waals surface area contributed by atoms with Gasteiger partial charge in [0.05, 0.1) is 0 Å². The molecule has 9 heavy (non-hydrogen) atoms. The second-order valence-corrected chi connectivity index (χ2v) is 1.59. The van der Waals surface area contributed by atoms with E-state index < -0.39 is 6.09 Å². The highest BCUT2D eigenvalue weighted by atomic mass is 16.4. The third-order valence-electron chi connectivity index (χ3n) is 0.828. The number of likely N-dealkylation sites (N-methyl/N-ethyl adjacent to an activating group) is 1. The zero-order valence-corrected chi connectivity index (χ0v) is 5.48. The second-order valence-electron chi connectivity index (χ2n) is 1.59. The summed E-state index contributed by atoms with van der Waals surface area (Å²) >= 11 is 0. The Labute approximate surface area is 54.3 Å². The third kappa shape index (κ3) is 7.23. The van der Waals surface area contributed by atoms with E-state index in [-0.39, 0.29) is 0 Å². The van der Waals surface area contributed by atoms with Gasteiger partial charge in [-0.2, -0.15) is 0 Å². The van der Waals surface area contributed by atoms with E-state index >= 15 is 0 Å². The maximum absolute atomic E-state index is 9.82. The first-order chi connectivity index (χ1) is 4.27. The lowest BCUT2D eigenvalue weighted by Crippen LogP contribution is -2.30. The molecule has 0 heterocycles. The van der Waals surface area contributed by atoms with Crippen LogP contribution in [0.5, 0.6) is 0 Å². The summed E-state index contributed by atoms with van der Waals surface area (Å²) in [7, 11) is 0. The minimum Gasteiger partial charge on any atom is -0.465 e. The van der Waals surface area contributed by atoms with E-state index in [0.717, 1.165) is 6.54 Å². The number of nitrogens with one attached hydrogen (secondary N) is 2. The molecular formula is C5H12N2O2. The molecule has 0 aliphatic carbocycles. The molecule has 3 N–H and O–H groups in total. The first-order valence-electron chi connectivity index (χ1n) is 2.95. The lowest BCUT2D eigenvalue weighted by molar-refractivity contribution is 0.194. The van der Waals surface area contributed by atoms with Crippen molar-refractivity contribution in [3.8, 4) is 0 Å². The molecule has 0 aromatic heterocycles. The molecular weight excluding hydrogens is 120 g/mol. The minimum absolute atomic E-state index is 0.475. The number of amides is 1. The third-order valence-corrected chi connectivity index (χ3v) is 0.828. The van der Waals surface area contributed by atoms with Crippen LogP contribution in [-0.2, 0) is 0 Å². The monoisotopic (exact) mass is 132 g/mol. The molecule has 0 aliphatic heterocycles. The van der Waals surface area contributed by atoms with Crippen LogP contribution >= 0.6 is 0 Å². The van der Waals surface area contributed by atoms with Crippen LogP contribution < -0.4 is 10.6 Å². The van der Waals surface area contributed by atoms with Crippen molar-refractivity contribution >= 4 is 6.09 Å². The number of hydrogen-bond donors (Lipinski definition) is 3. The summed E-state index contributed by atoms with van der Waals surface area (Å²) in [5.41, 5.74) is 0. The van der Waals surface area contributed by atoms with E-state index in [1.165, 1.54) is 0 Å². The van der Waals surface area contributed by atoms with Crippen LogP contribution in [-0.4, -0.2) is 30.8 Å². The van der Waals surface area contributed by atoms with Crippen LogP contribution in [0.25, 0.3) is 0 Å². The van der Waals surface area contributed by atoms with Crippen LogP contribution in [0.1, 0.15) is 6.92 Å². The van der Waals surface area contributed by atoms with Crippen molar-refractivity contribution in [1.29, 1.82) is 0 Å². The van der Waals surface area contributed by atoms with Crippen LogP contribution in [0, 0.1) is 0 Å². The molecule has 0 aliphatic rings. The molecule has 0 bridgehead atoms. The van der Waals surface area contributed by atoms with Crippen LogP contribution in [0.15, 0.2) is 0 Å². The Bertz CT molecular complexity index is 85.0. The van der Waals surface area contributed by atoms with Gasteiger partial charge in [0.1, 0.15) is 0 Å². The van der Waals surface area contributed by atoms with E-state index in [1.807, 2.05) is 6.92 Å². The first-order valence-corrected chi connectivity index (χ1v) is 2.95. The molecule has 0 unspecified atom stereocenters. The normalized spacial score (nSPS) is 9.00. The first kappa shape index (κ1) is 8.23. The summed E-state index contributed by atoms with van der Waals surface area (Å²) in [5, 5.41) is 13.3. The molecule has 0 atom stereocenters.